The highest BCUT2D eigenvalue weighted by Crippen LogP contribution is 2.37. The van der Waals surface area contributed by atoms with Crippen LogP contribution in [0.4, 0.5) is 0 Å². The van der Waals surface area contributed by atoms with Crippen LogP contribution >= 0.6 is 0 Å². The molecule has 416 valence electrons. The maximum atomic E-state index is 14.6. The molecule has 0 spiro atoms. The van der Waals surface area contributed by atoms with E-state index in [1.54, 1.807) is 64.3 Å². The number of ether oxygens (including phenoxy) is 1. The van der Waals surface area contributed by atoms with E-state index in [9.17, 15) is 33.6 Å². The summed E-state index contributed by atoms with van der Waals surface area (Å²) >= 11 is 0. The molecule has 4 aromatic rings. The summed E-state index contributed by atoms with van der Waals surface area (Å²) in [6.45, 7) is 9.39. The number of aryl methyl sites for hydroxylation is 2. The molecule has 9 atom stereocenters. The second kappa shape index (κ2) is 25.6. The van der Waals surface area contributed by atoms with E-state index in [2.05, 4.69) is 55.5 Å². The van der Waals surface area contributed by atoms with Gasteiger partial charge in [-0.15, -0.1) is 0 Å². The molecule has 0 bridgehead atoms. The van der Waals surface area contributed by atoms with Crippen LogP contribution in [-0.4, -0.2) is 102 Å². The molecule has 0 aromatic heterocycles. The monoisotopic (exact) mass is 1070 g/mol. The Hall–Kier alpha value is -7.11. The van der Waals surface area contributed by atoms with Gasteiger partial charge in [0, 0.05) is 24.1 Å². The fourth-order valence-electron chi connectivity index (χ4n) is 11.4. The highest BCUT2D eigenvalue weighted by molar-refractivity contribution is 5.96. The second-order valence-electron chi connectivity index (χ2n) is 22.7. The molecule has 4 aromatic carbocycles. The normalized spacial score (nSPS) is 21.9. The van der Waals surface area contributed by atoms with Gasteiger partial charge in [0.25, 0.3) is 11.8 Å². The van der Waals surface area contributed by atoms with E-state index in [4.69, 9.17) is 4.74 Å². The first kappa shape index (κ1) is 57.1. The van der Waals surface area contributed by atoms with Crippen LogP contribution in [0.25, 0.3) is 0 Å². The minimum atomic E-state index is -0.941. The number of fused-ring (bicyclic) bond motifs is 2. The van der Waals surface area contributed by atoms with Gasteiger partial charge in [0.15, 0.2) is 0 Å². The average molecular weight is 1070 g/mol. The number of carbonyl (C=O) groups excluding carboxylic acids is 7. The molecule has 7 N–H and O–H groups in total. The van der Waals surface area contributed by atoms with Gasteiger partial charge in [-0.25, -0.2) is 5.01 Å². The predicted octanol–water partition coefficient (Wildman–Crippen LogP) is 5.88. The smallest absolute Gasteiger partial charge is 0.255 e. The minimum absolute atomic E-state index is 0.0768. The first-order chi connectivity index (χ1) is 37.4. The van der Waals surface area contributed by atoms with Crippen LogP contribution < -0.4 is 42.1 Å². The molecule has 7 amide bonds. The number of nitrogens with zero attached hydrogens (tertiary/aromatic N) is 2. The number of hydrogen-bond acceptors (Lipinski definition) is 10. The lowest BCUT2D eigenvalue weighted by molar-refractivity contribution is -0.148. The third-order valence-corrected chi connectivity index (χ3v) is 16.2. The highest BCUT2D eigenvalue weighted by Gasteiger charge is 2.46. The third-order valence-electron chi connectivity index (χ3n) is 16.2. The molecule has 2 fully saturated rings. The maximum Gasteiger partial charge on any atom is 0.255 e. The van der Waals surface area contributed by atoms with E-state index in [-0.39, 0.29) is 73.6 Å². The van der Waals surface area contributed by atoms with Gasteiger partial charge in [-0.3, -0.25) is 39.0 Å². The van der Waals surface area contributed by atoms with Crippen molar-refractivity contribution in [2.45, 2.75) is 154 Å². The largest absolute Gasteiger partial charge is 0.489 e. The van der Waals surface area contributed by atoms with Crippen LogP contribution in [0.5, 0.6) is 5.75 Å². The number of nitrogens with one attached hydrogen (secondary N) is 7. The molecule has 1 aliphatic heterocycles. The van der Waals surface area contributed by atoms with Gasteiger partial charge in [-0.05, 0) is 149 Å². The van der Waals surface area contributed by atoms with Crippen molar-refractivity contribution in [2.75, 3.05) is 20.6 Å². The molecule has 17 heteroatoms. The highest BCUT2D eigenvalue weighted by atomic mass is 16.5. The van der Waals surface area contributed by atoms with Crippen molar-refractivity contribution in [3.8, 4) is 5.75 Å². The SMILES string of the molecule is CN[C@@H](C)C(=O)NC(C(=O)N1C[C@@H](NC(=O)c2ccc(COc3ccc(CN(NC(=O)[C@H](C)NC)C(=O)C4CCCC4C(=O)NC4CCCc5ccccc54)cc3)cc2)CC1C(=O)NC1CCCc2ccccc21)C(C)(C)C. The molecule has 4 aliphatic rings. The van der Waals surface area contributed by atoms with Crippen LogP contribution in [0.1, 0.15) is 142 Å². The number of rotatable bonds is 18. The molecule has 3 aliphatic carbocycles. The van der Waals surface area contributed by atoms with Crippen LogP contribution in [0.15, 0.2) is 97.1 Å². The Kier molecular flexibility index (Phi) is 18.7. The van der Waals surface area contributed by atoms with Crippen molar-refractivity contribution in [3.63, 3.8) is 0 Å². The lowest BCUT2D eigenvalue weighted by atomic mass is 9.85. The fraction of sp³-hybridized carbons (Fsp3) is 0.492. The first-order valence-electron chi connectivity index (χ1n) is 27.9. The summed E-state index contributed by atoms with van der Waals surface area (Å²) in [7, 11) is 3.35. The lowest BCUT2D eigenvalue weighted by Gasteiger charge is -2.36. The summed E-state index contributed by atoms with van der Waals surface area (Å²) in [6.07, 6.45) is 7.47. The molecule has 1 saturated carbocycles. The van der Waals surface area contributed by atoms with E-state index in [1.165, 1.54) is 21.0 Å². The van der Waals surface area contributed by atoms with Gasteiger partial charge in [0.05, 0.1) is 36.6 Å². The zero-order valence-corrected chi connectivity index (χ0v) is 46.3. The van der Waals surface area contributed by atoms with Crippen LogP contribution in [0.3, 0.4) is 0 Å². The Labute approximate surface area is 459 Å². The van der Waals surface area contributed by atoms with Crippen molar-refractivity contribution >= 4 is 41.4 Å². The van der Waals surface area contributed by atoms with E-state index in [0.717, 1.165) is 67.2 Å². The molecule has 78 heavy (non-hydrogen) atoms. The molecular weight excluding hydrogens is 987 g/mol. The van der Waals surface area contributed by atoms with E-state index < -0.39 is 53.4 Å². The number of carbonyl (C=O) groups is 7. The van der Waals surface area contributed by atoms with E-state index in [1.807, 2.05) is 63.2 Å². The molecule has 17 nitrogen and oxygen atoms in total. The first-order valence-corrected chi connectivity index (χ1v) is 27.9. The van der Waals surface area contributed by atoms with Gasteiger partial charge >= 0.3 is 0 Å². The fourth-order valence-corrected chi connectivity index (χ4v) is 11.4. The van der Waals surface area contributed by atoms with Crippen molar-refractivity contribution < 1.29 is 38.3 Å². The van der Waals surface area contributed by atoms with Crippen LogP contribution in [-0.2, 0) is 54.8 Å². The van der Waals surface area contributed by atoms with Crippen molar-refractivity contribution in [1.82, 2.24) is 47.2 Å². The third kappa shape index (κ3) is 13.8. The van der Waals surface area contributed by atoms with Gasteiger partial charge in [-0.1, -0.05) is 100.0 Å². The molecule has 1 heterocycles. The van der Waals surface area contributed by atoms with Crippen molar-refractivity contribution in [1.29, 1.82) is 0 Å². The Morgan fingerprint density at radius 2 is 1.22 bits per heavy atom. The van der Waals surface area contributed by atoms with Gasteiger partial charge in [0.1, 0.15) is 24.4 Å². The summed E-state index contributed by atoms with van der Waals surface area (Å²) in [5.74, 6) is -2.72. The van der Waals surface area contributed by atoms with Gasteiger partial charge in [0.2, 0.25) is 29.5 Å². The number of benzene rings is 4. The number of likely N-dealkylation sites (N-methyl/N-ethyl adjacent to an activating group) is 2. The number of hydrogen-bond donors (Lipinski definition) is 7. The topological polar surface area (TPSA) is 219 Å². The summed E-state index contributed by atoms with van der Waals surface area (Å²) in [6, 6.07) is 26.7. The summed E-state index contributed by atoms with van der Waals surface area (Å²) in [5, 5.41) is 19.7. The van der Waals surface area contributed by atoms with Crippen molar-refractivity contribution in [2.24, 2.45) is 17.3 Å². The molecule has 1 saturated heterocycles. The lowest BCUT2D eigenvalue weighted by Crippen LogP contribution is -2.59. The predicted molar refractivity (Wildman–Crippen MR) is 297 cm³/mol. The summed E-state index contributed by atoms with van der Waals surface area (Å²) in [5.41, 5.74) is 8.72. The Morgan fingerprint density at radius 3 is 1.82 bits per heavy atom. The zero-order valence-electron chi connectivity index (χ0n) is 46.3. The second-order valence-corrected chi connectivity index (χ2v) is 22.7. The number of amides is 7. The van der Waals surface area contributed by atoms with Crippen molar-refractivity contribution in [3.05, 3.63) is 136 Å². The van der Waals surface area contributed by atoms with Gasteiger partial charge in [-0.2, -0.15) is 0 Å². The summed E-state index contributed by atoms with van der Waals surface area (Å²) < 4.78 is 6.14. The molecular formula is C61H79N9O8. The standard InChI is InChI=1S/C61H79N9O8/c1-37(62-6)54(71)67-53(61(3,4)5)60(77)69-35-44(33-52(69)58(75)66-51-24-13-18-42-16-9-11-20-47(42)51)64-56(73)43-29-25-40(26-30-43)36-78-45-31-27-39(28-32-45)34-70(68-55(72)38(2)63-7)59(76)49-22-14-21-48(49)57(74)65-50-23-12-17-41-15-8-10-19-46(41)50/h8-11,15-16,19-20,25-32,37-38,44,48-53,62-63H,12-14,17-18,21-24,33-36H2,1-7H3,(H,64,73)(H,65,74)(H,66,75)(H,67,71)(H,68,72)/t37-,38-,44-,48?,49?,50?,51?,52?,53?/m0/s1. The Morgan fingerprint density at radius 1 is 0.654 bits per heavy atom. The number of likely N-dealkylation sites (tertiary alicyclic amines) is 1. The van der Waals surface area contributed by atoms with Crippen LogP contribution in [0, 0.1) is 17.3 Å². The summed E-state index contributed by atoms with van der Waals surface area (Å²) in [4.78, 5) is 98.9. The van der Waals surface area contributed by atoms with Crippen LogP contribution in [0.2, 0.25) is 0 Å². The molecule has 6 unspecified atom stereocenters. The Balaban J connectivity index is 0.886. The molecule has 8 rings (SSSR count). The maximum absolute atomic E-state index is 14.6. The zero-order chi connectivity index (χ0) is 55.7. The number of hydrazine groups is 1. The Bertz CT molecular complexity index is 2800. The van der Waals surface area contributed by atoms with E-state index in [0.29, 0.717) is 24.2 Å². The molecule has 0 radical (unpaired) electrons. The van der Waals surface area contributed by atoms with E-state index >= 15 is 0 Å². The minimum Gasteiger partial charge on any atom is -0.489 e. The average Bonchev–Trinajstić information content (AvgIpc) is 4.12. The van der Waals surface area contributed by atoms with Gasteiger partial charge < -0.3 is 41.5 Å². The quantitative estimate of drug-likeness (QED) is 0.0588.